The van der Waals surface area contributed by atoms with Crippen LogP contribution in [0, 0.1) is 0 Å². The number of anilines is 1. The molecule has 7 nitrogen and oxygen atoms in total. The first-order chi connectivity index (χ1) is 13.6. The van der Waals surface area contributed by atoms with Crippen molar-refractivity contribution in [3.63, 3.8) is 0 Å². The maximum Gasteiger partial charge on any atom is 0.321 e. The SMILES string of the molecule is COc1ccc(NC(=O)N2CCC[C@H](OCc3ccccc3)C2)cc1C(N)=O. The molecule has 3 N–H and O–H groups in total. The number of amides is 3. The minimum absolute atomic E-state index is 0.00301. The number of ether oxygens (including phenoxy) is 2. The van der Waals surface area contributed by atoms with Gasteiger partial charge >= 0.3 is 6.03 Å². The van der Waals surface area contributed by atoms with Crippen molar-refractivity contribution in [3.05, 3.63) is 59.7 Å². The van der Waals surface area contributed by atoms with Gasteiger partial charge in [-0.15, -0.1) is 0 Å². The lowest BCUT2D eigenvalue weighted by molar-refractivity contribution is 0.00102. The number of nitrogens with two attached hydrogens (primary N) is 1. The summed E-state index contributed by atoms with van der Waals surface area (Å²) < 4.78 is 11.1. The minimum atomic E-state index is -0.611. The Bertz CT molecular complexity index is 826. The fourth-order valence-electron chi connectivity index (χ4n) is 3.23. The average molecular weight is 383 g/mol. The molecule has 7 heteroatoms. The summed E-state index contributed by atoms with van der Waals surface area (Å²) in [7, 11) is 1.46. The second-order valence-corrected chi connectivity index (χ2v) is 6.72. The number of primary amides is 1. The number of rotatable bonds is 6. The lowest BCUT2D eigenvalue weighted by atomic mass is 10.1. The lowest BCUT2D eigenvalue weighted by Gasteiger charge is -2.32. The highest BCUT2D eigenvalue weighted by Crippen LogP contribution is 2.23. The maximum absolute atomic E-state index is 12.6. The Balaban J connectivity index is 1.58. The molecule has 0 aromatic heterocycles. The molecule has 3 rings (SSSR count). The quantitative estimate of drug-likeness (QED) is 0.802. The molecule has 148 valence electrons. The van der Waals surface area contributed by atoms with E-state index in [9.17, 15) is 9.59 Å². The second kappa shape index (κ2) is 9.23. The van der Waals surface area contributed by atoms with Crippen LogP contribution in [0.1, 0.15) is 28.8 Å². The Morgan fingerprint density at radius 1 is 1.21 bits per heavy atom. The Morgan fingerprint density at radius 3 is 2.71 bits per heavy atom. The topological polar surface area (TPSA) is 93.9 Å². The summed E-state index contributed by atoms with van der Waals surface area (Å²) in [6.07, 6.45) is 1.80. The molecule has 0 aliphatic carbocycles. The molecule has 1 atom stereocenters. The molecule has 1 saturated heterocycles. The zero-order valence-corrected chi connectivity index (χ0v) is 15.9. The van der Waals surface area contributed by atoms with Gasteiger partial charge in [0.15, 0.2) is 0 Å². The fourth-order valence-corrected chi connectivity index (χ4v) is 3.23. The van der Waals surface area contributed by atoms with E-state index in [0.717, 1.165) is 18.4 Å². The Morgan fingerprint density at radius 2 is 2.00 bits per heavy atom. The van der Waals surface area contributed by atoms with Crippen molar-refractivity contribution in [3.8, 4) is 5.75 Å². The number of nitrogens with zero attached hydrogens (tertiary/aromatic N) is 1. The first-order valence-corrected chi connectivity index (χ1v) is 9.26. The zero-order valence-electron chi connectivity index (χ0n) is 15.9. The minimum Gasteiger partial charge on any atom is -0.496 e. The van der Waals surface area contributed by atoms with Crippen LogP contribution in [-0.2, 0) is 11.3 Å². The third-order valence-electron chi connectivity index (χ3n) is 4.71. The van der Waals surface area contributed by atoms with Gasteiger partial charge in [-0.2, -0.15) is 0 Å². The number of hydrogen-bond acceptors (Lipinski definition) is 4. The molecule has 28 heavy (non-hydrogen) atoms. The van der Waals surface area contributed by atoms with Crippen LogP contribution in [0.2, 0.25) is 0 Å². The summed E-state index contributed by atoms with van der Waals surface area (Å²) in [5.74, 6) is -0.238. The molecule has 1 aliphatic rings. The molecule has 0 bridgehead atoms. The number of urea groups is 1. The van der Waals surface area contributed by atoms with E-state index < -0.39 is 5.91 Å². The molecule has 1 heterocycles. The standard InChI is InChI=1S/C21H25N3O4/c1-27-19-10-9-16(12-18(19)20(22)25)23-21(26)24-11-5-8-17(13-24)28-14-15-6-3-2-4-7-15/h2-4,6-7,9-10,12,17H,5,8,11,13-14H2,1H3,(H2,22,25)(H,23,26)/t17-/m0/s1. The molecular weight excluding hydrogens is 358 g/mol. The summed E-state index contributed by atoms with van der Waals surface area (Å²) in [5.41, 5.74) is 7.20. The number of carbonyl (C=O) groups excluding carboxylic acids is 2. The Labute approximate surface area is 164 Å². The predicted octanol–water partition coefficient (Wildman–Crippen LogP) is 3.01. The van der Waals surface area contributed by atoms with Gasteiger partial charge in [0, 0.05) is 18.8 Å². The fraction of sp³-hybridized carbons (Fsp3) is 0.333. The molecule has 0 saturated carbocycles. The van der Waals surface area contributed by atoms with Gasteiger partial charge in [0.1, 0.15) is 5.75 Å². The third kappa shape index (κ3) is 5.01. The molecule has 2 aromatic carbocycles. The van der Waals surface area contributed by atoms with E-state index in [-0.39, 0.29) is 17.7 Å². The van der Waals surface area contributed by atoms with E-state index in [0.29, 0.717) is 31.1 Å². The predicted molar refractivity (Wildman–Crippen MR) is 106 cm³/mol. The summed E-state index contributed by atoms with van der Waals surface area (Å²) >= 11 is 0. The summed E-state index contributed by atoms with van der Waals surface area (Å²) in [6.45, 7) is 1.72. The molecule has 3 amide bonds. The van der Waals surface area contributed by atoms with Gasteiger partial charge in [-0.25, -0.2) is 4.79 Å². The molecule has 1 fully saturated rings. The number of methoxy groups -OCH3 is 1. The number of nitrogens with one attached hydrogen (secondary N) is 1. The largest absolute Gasteiger partial charge is 0.496 e. The lowest BCUT2D eigenvalue weighted by Crippen LogP contribution is -2.45. The molecule has 0 radical (unpaired) electrons. The molecule has 1 aliphatic heterocycles. The Hall–Kier alpha value is -3.06. The van der Waals surface area contributed by atoms with Crippen LogP contribution in [0.3, 0.4) is 0 Å². The molecule has 2 aromatic rings. The van der Waals surface area contributed by atoms with E-state index in [1.807, 2.05) is 30.3 Å². The van der Waals surface area contributed by atoms with E-state index in [4.69, 9.17) is 15.2 Å². The highest BCUT2D eigenvalue weighted by molar-refractivity contribution is 5.98. The molecule has 0 spiro atoms. The molecular formula is C21H25N3O4. The van der Waals surface area contributed by atoms with Crippen molar-refractivity contribution in [1.82, 2.24) is 4.90 Å². The van der Waals surface area contributed by atoms with Crippen molar-refractivity contribution >= 4 is 17.6 Å². The van der Waals surface area contributed by atoms with E-state index in [1.54, 1.807) is 17.0 Å². The van der Waals surface area contributed by atoms with Crippen molar-refractivity contribution in [2.45, 2.75) is 25.6 Å². The van der Waals surface area contributed by atoms with Crippen molar-refractivity contribution in [1.29, 1.82) is 0 Å². The van der Waals surface area contributed by atoms with Crippen molar-refractivity contribution < 1.29 is 19.1 Å². The van der Waals surface area contributed by atoms with Gasteiger partial charge in [0.25, 0.3) is 5.91 Å². The number of benzene rings is 2. The van der Waals surface area contributed by atoms with Crippen molar-refractivity contribution in [2.24, 2.45) is 5.73 Å². The van der Waals surface area contributed by atoms with Crippen LogP contribution in [0.5, 0.6) is 5.75 Å². The number of hydrogen-bond donors (Lipinski definition) is 2. The van der Waals surface area contributed by atoms with E-state index >= 15 is 0 Å². The van der Waals surface area contributed by atoms with Gasteiger partial charge < -0.3 is 25.4 Å². The summed E-state index contributed by atoms with van der Waals surface area (Å²) in [6, 6.07) is 14.6. The summed E-state index contributed by atoms with van der Waals surface area (Å²) in [4.78, 5) is 25.9. The zero-order chi connectivity index (χ0) is 19.9. The third-order valence-corrected chi connectivity index (χ3v) is 4.71. The first kappa shape index (κ1) is 19.7. The van der Waals surface area contributed by atoms with Crippen LogP contribution >= 0.6 is 0 Å². The summed E-state index contributed by atoms with van der Waals surface area (Å²) in [5, 5.41) is 2.82. The maximum atomic E-state index is 12.6. The van der Waals surface area contributed by atoms with Gasteiger partial charge in [0.2, 0.25) is 0 Å². The van der Waals surface area contributed by atoms with Gasteiger partial charge in [-0.1, -0.05) is 30.3 Å². The van der Waals surface area contributed by atoms with Crippen LogP contribution in [0.15, 0.2) is 48.5 Å². The van der Waals surface area contributed by atoms with Gasteiger partial charge in [0.05, 0.1) is 25.4 Å². The van der Waals surface area contributed by atoms with Crippen molar-refractivity contribution in [2.75, 3.05) is 25.5 Å². The number of likely N-dealkylation sites (tertiary alicyclic amines) is 1. The number of carbonyl (C=O) groups is 2. The molecule has 0 unspecified atom stereocenters. The van der Waals surface area contributed by atoms with Crippen LogP contribution < -0.4 is 15.8 Å². The smallest absolute Gasteiger partial charge is 0.321 e. The van der Waals surface area contributed by atoms with Gasteiger partial charge in [-0.05, 0) is 36.6 Å². The van der Waals surface area contributed by atoms with Crippen LogP contribution in [-0.4, -0.2) is 43.1 Å². The van der Waals surface area contributed by atoms with E-state index in [1.165, 1.54) is 13.2 Å². The van der Waals surface area contributed by atoms with Crippen LogP contribution in [0.25, 0.3) is 0 Å². The van der Waals surface area contributed by atoms with E-state index in [2.05, 4.69) is 5.32 Å². The Kier molecular flexibility index (Phi) is 6.49. The van der Waals surface area contributed by atoms with Crippen LogP contribution in [0.4, 0.5) is 10.5 Å². The number of piperidine rings is 1. The first-order valence-electron chi connectivity index (χ1n) is 9.26. The highest BCUT2D eigenvalue weighted by atomic mass is 16.5. The second-order valence-electron chi connectivity index (χ2n) is 6.72. The van der Waals surface area contributed by atoms with Gasteiger partial charge in [-0.3, -0.25) is 4.79 Å². The highest BCUT2D eigenvalue weighted by Gasteiger charge is 2.24. The normalized spacial score (nSPS) is 16.5. The monoisotopic (exact) mass is 383 g/mol. The average Bonchev–Trinajstić information content (AvgIpc) is 2.73.